The highest BCUT2D eigenvalue weighted by atomic mass is 16.5. The summed E-state index contributed by atoms with van der Waals surface area (Å²) in [7, 11) is 0. The van der Waals surface area contributed by atoms with Crippen LogP contribution < -0.4 is 0 Å². The summed E-state index contributed by atoms with van der Waals surface area (Å²) in [5.74, 6) is -1.52. The second-order valence-corrected chi connectivity index (χ2v) is 12.4. The first-order valence-electron chi connectivity index (χ1n) is 17.7. The lowest BCUT2D eigenvalue weighted by atomic mass is 9.88. The third-order valence-corrected chi connectivity index (χ3v) is 8.54. The van der Waals surface area contributed by atoms with Crippen molar-refractivity contribution in [2.75, 3.05) is 33.0 Å². The van der Waals surface area contributed by atoms with Crippen LogP contribution in [0.3, 0.4) is 0 Å². The number of ether oxygens (including phenoxy) is 2. The number of unbranched alkanes of at least 4 members (excludes halogenated alkanes) is 10. The minimum absolute atomic E-state index is 0.0289. The highest BCUT2D eigenvalue weighted by Gasteiger charge is 2.25. The predicted octanol–water partition coefficient (Wildman–Crippen LogP) is 7.73. The van der Waals surface area contributed by atoms with Crippen LogP contribution in [0.25, 0.3) is 0 Å². The zero-order valence-electron chi connectivity index (χ0n) is 29.0. The van der Waals surface area contributed by atoms with Crippen LogP contribution in [-0.4, -0.2) is 71.4 Å². The van der Waals surface area contributed by atoms with Gasteiger partial charge in [-0.2, -0.15) is 0 Å². The van der Waals surface area contributed by atoms with E-state index in [1.165, 1.54) is 57.8 Å². The van der Waals surface area contributed by atoms with Crippen molar-refractivity contribution in [2.45, 2.75) is 136 Å². The van der Waals surface area contributed by atoms with Crippen molar-refractivity contribution >= 4 is 17.9 Å². The number of carbonyl (C=O) groups excluding carboxylic acids is 2. The second kappa shape index (κ2) is 28.7. The number of carboxylic acid groups (broad SMARTS) is 1. The van der Waals surface area contributed by atoms with Crippen LogP contribution >= 0.6 is 0 Å². The summed E-state index contributed by atoms with van der Waals surface area (Å²) in [5.41, 5.74) is -0.0807. The van der Waals surface area contributed by atoms with Gasteiger partial charge in [0.05, 0.1) is 50.1 Å². The average molecular weight is 653 g/mol. The Balaban J connectivity index is 0.000000907. The minimum Gasteiger partial charge on any atom is -0.481 e. The Kier molecular flexibility index (Phi) is 27.2. The highest BCUT2D eigenvalue weighted by Crippen LogP contribution is 2.23. The summed E-state index contributed by atoms with van der Waals surface area (Å²) in [6.45, 7) is 6.53. The molecular weight excluding hydrogens is 588 g/mol. The summed E-state index contributed by atoms with van der Waals surface area (Å²) in [4.78, 5) is 35.1. The first-order chi connectivity index (χ1) is 22.2. The third-order valence-electron chi connectivity index (χ3n) is 8.54. The molecule has 0 spiro atoms. The number of hydrogen-bond donors (Lipinski definition) is 4. The van der Waals surface area contributed by atoms with Gasteiger partial charge in [0.25, 0.3) is 0 Å². The number of carbonyl (C=O) groups is 3. The number of hydrogen-bond acceptors (Lipinski definition) is 8. The van der Waals surface area contributed by atoms with Gasteiger partial charge in [0.15, 0.2) is 0 Å². The number of esters is 2. The summed E-state index contributed by atoms with van der Waals surface area (Å²) < 4.78 is 10.7. The molecule has 0 amide bonds. The van der Waals surface area contributed by atoms with E-state index < -0.39 is 23.3 Å². The lowest BCUT2D eigenvalue weighted by molar-refractivity contribution is -0.142. The fourth-order valence-electron chi connectivity index (χ4n) is 4.92. The lowest BCUT2D eigenvalue weighted by Crippen LogP contribution is -2.32. The van der Waals surface area contributed by atoms with E-state index in [0.717, 1.165) is 51.4 Å². The third kappa shape index (κ3) is 19.9. The van der Waals surface area contributed by atoms with Gasteiger partial charge < -0.3 is 29.9 Å². The van der Waals surface area contributed by atoms with Crippen LogP contribution in [0, 0.1) is 11.3 Å². The molecule has 0 bridgehead atoms. The average Bonchev–Trinajstić information content (AvgIpc) is 3.09. The Labute approximate surface area is 278 Å². The molecule has 1 aliphatic carbocycles. The maximum Gasteiger partial charge on any atom is 0.339 e. The van der Waals surface area contributed by atoms with E-state index >= 15 is 0 Å². The molecule has 1 aromatic rings. The zero-order chi connectivity index (χ0) is 34.5. The smallest absolute Gasteiger partial charge is 0.339 e. The molecule has 0 radical (unpaired) electrons. The van der Waals surface area contributed by atoms with E-state index in [1.54, 1.807) is 24.3 Å². The van der Waals surface area contributed by atoms with Gasteiger partial charge in [-0.25, -0.2) is 9.59 Å². The summed E-state index contributed by atoms with van der Waals surface area (Å²) in [6, 6.07) is 6.74. The van der Waals surface area contributed by atoms with Crippen molar-refractivity contribution in [3.05, 3.63) is 35.4 Å². The zero-order valence-corrected chi connectivity index (χ0v) is 29.0. The first-order valence-corrected chi connectivity index (χ1v) is 17.7. The number of benzene rings is 1. The topological polar surface area (TPSA) is 151 Å². The number of carboxylic acids is 1. The van der Waals surface area contributed by atoms with Crippen LogP contribution in [0.5, 0.6) is 0 Å². The Morgan fingerprint density at radius 3 is 1.35 bits per heavy atom. The number of aliphatic hydroxyl groups is 3. The molecule has 9 heteroatoms. The largest absolute Gasteiger partial charge is 0.481 e. The monoisotopic (exact) mass is 652 g/mol. The quantitative estimate of drug-likeness (QED) is 0.0772. The number of aliphatic hydroxyl groups excluding tert-OH is 3. The van der Waals surface area contributed by atoms with E-state index in [0.29, 0.717) is 30.8 Å². The molecule has 0 aromatic heterocycles. The summed E-state index contributed by atoms with van der Waals surface area (Å²) in [6.07, 6.45) is 19.5. The molecule has 0 atom stereocenters. The van der Waals surface area contributed by atoms with Crippen molar-refractivity contribution in [1.29, 1.82) is 0 Å². The molecule has 9 nitrogen and oxygen atoms in total. The van der Waals surface area contributed by atoms with Crippen LogP contribution in [-0.2, 0) is 14.3 Å². The molecule has 266 valence electrons. The molecule has 0 aliphatic heterocycles. The minimum atomic E-state index is -0.667. The Hall–Kier alpha value is -2.49. The van der Waals surface area contributed by atoms with Crippen molar-refractivity contribution in [2.24, 2.45) is 11.3 Å². The van der Waals surface area contributed by atoms with Gasteiger partial charge in [-0.3, -0.25) is 4.79 Å². The molecule has 2 rings (SSSR count). The van der Waals surface area contributed by atoms with Crippen molar-refractivity contribution in [3.63, 3.8) is 0 Å². The molecule has 0 heterocycles. The van der Waals surface area contributed by atoms with Gasteiger partial charge in [0.1, 0.15) is 0 Å². The fraction of sp³-hybridized carbons (Fsp3) is 0.757. The van der Waals surface area contributed by atoms with Crippen molar-refractivity contribution < 1.29 is 44.3 Å². The van der Waals surface area contributed by atoms with Crippen LogP contribution in [0.15, 0.2) is 24.3 Å². The fourth-order valence-corrected chi connectivity index (χ4v) is 4.92. The molecule has 1 saturated carbocycles. The standard InChI is InChI=1S/C24H38O4.C7H12O2.C6H14O3/c1-3-5-7-9-11-15-19-27-23(25)21-17-13-14-18-22(21)24(26)28-20-16-12-10-8-6-4-2;8-7(9)6-4-2-1-3-5-6;1-2-6(3-7,4-8)5-9/h13-14,17-18H,3-12,15-16,19-20H2,1-2H3;6H,1-5H2,(H,8,9);7-9H,2-5H2,1H3. The Bertz CT molecular complexity index is 841. The predicted molar refractivity (Wildman–Crippen MR) is 182 cm³/mol. The summed E-state index contributed by atoms with van der Waals surface area (Å²) >= 11 is 0. The SMILES string of the molecule is CCC(CO)(CO)CO.CCCCCCCCOC(=O)c1ccccc1C(=O)OCCCCCCCC.O=C(O)C1CCCCC1. The van der Waals surface area contributed by atoms with E-state index in [9.17, 15) is 14.4 Å². The van der Waals surface area contributed by atoms with Gasteiger partial charge in [-0.05, 0) is 44.2 Å². The number of rotatable bonds is 21. The van der Waals surface area contributed by atoms with E-state index in [2.05, 4.69) is 13.8 Å². The molecule has 46 heavy (non-hydrogen) atoms. The van der Waals surface area contributed by atoms with E-state index in [4.69, 9.17) is 29.9 Å². The molecule has 1 aliphatic rings. The van der Waals surface area contributed by atoms with Crippen LogP contribution in [0.1, 0.15) is 157 Å². The molecule has 4 N–H and O–H groups in total. The van der Waals surface area contributed by atoms with Gasteiger partial charge in [0.2, 0.25) is 0 Å². The van der Waals surface area contributed by atoms with Crippen LogP contribution in [0.4, 0.5) is 0 Å². The second-order valence-electron chi connectivity index (χ2n) is 12.4. The summed E-state index contributed by atoms with van der Waals surface area (Å²) in [5, 5.41) is 34.5. The molecule has 0 unspecified atom stereocenters. The van der Waals surface area contributed by atoms with Gasteiger partial charge >= 0.3 is 17.9 Å². The molecule has 1 aromatic carbocycles. The van der Waals surface area contributed by atoms with E-state index in [1.807, 2.05) is 6.92 Å². The van der Waals surface area contributed by atoms with E-state index in [-0.39, 0.29) is 25.7 Å². The Morgan fingerprint density at radius 1 is 0.652 bits per heavy atom. The molecule has 0 saturated heterocycles. The van der Waals surface area contributed by atoms with Crippen molar-refractivity contribution in [1.82, 2.24) is 0 Å². The lowest BCUT2D eigenvalue weighted by Gasteiger charge is -2.24. The van der Waals surface area contributed by atoms with Crippen LogP contribution in [0.2, 0.25) is 0 Å². The van der Waals surface area contributed by atoms with Crippen molar-refractivity contribution in [3.8, 4) is 0 Å². The van der Waals surface area contributed by atoms with Gasteiger partial charge in [-0.1, -0.05) is 116 Å². The maximum atomic E-state index is 12.4. The first kappa shape index (κ1) is 43.5. The van der Waals surface area contributed by atoms with Gasteiger partial charge in [0, 0.05) is 5.41 Å². The highest BCUT2D eigenvalue weighted by molar-refractivity contribution is 6.03. The maximum absolute atomic E-state index is 12.4. The molecule has 1 fully saturated rings. The number of aliphatic carboxylic acids is 1. The normalized spacial score (nSPS) is 13.1. The van der Waals surface area contributed by atoms with Gasteiger partial charge in [-0.15, -0.1) is 0 Å². The Morgan fingerprint density at radius 2 is 1.04 bits per heavy atom. The molecular formula is C37H64O9.